The van der Waals surface area contributed by atoms with E-state index in [4.69, 9.17) is 11.6 Å². The fraction of sp³-hybridized carbons (Fsp3) is 0.200. The van der Waals surface area contributed by atoms with Crippen molar-refractivity contribution in [2.45, 2.75) is 18.7 Å². The zero-order chi connectivity index (χ0) is 18.0. The molecule has 0 aliphatic carbocycles. The van der Waals surface area contributed by atoms with E-state index < -0.39 is 20.0 Å². The zero-order valence-corrected chi connectivity index (χ0v) is 15.5. The highest BCUT2D eigenvalue weighted by molar-refractivity contribution is 7.93. The monoisotopic (exact) mass is 388 g/mol. The average molecular weight is 389 g/mol. The third kappa shape index (κ3) is 4.62. The van der Waals surface area contributed by atoms with Crippen LogP contribution in [0.4, 0.5) is 11.4 Å². The second-order valence-electron chi connectivity index (χ2n) is 5.10. The Balaban J connectivity index is 2.37. The molecule has 0 bridgehead atoms. The molecular formula is C15H17ClN2O4S2. The molecule has 0 unspecified atom stereocenters. The summed E-state index contributed by atoms with van der Waals surface area (Å²) in [5.41, 5.74) is 1.05. The fourth-order valence-electron chi connectivity index (χ4n) is 1.93. The number of benzene rings is 2. The third-order valence-corrected chi connectivity index (χ3v) is 6.31. The van der Waals surface area contributed by atoms with Crippen molar-refractivity contribution >= 4 is 43.0 Å². The van der Waals surface area contributed by atoms with E-state index in [1.807, 2.05) is 0 Å². The Morgan fingerprint density at radius 2 is 1.50 bits per heavy atom. The van der Waals surface area contributed by atoms with Gasteiger partial charge in [-0.3, -0.25) is 9.44 Å². The van der Waals surface area contributed by atoms with Crippen molar-refractivity contribution in [1.82, 2.24) is 0 Å². The number of hydrogen-bond donors (Lipinski definition) is 2. The van der Waals surface area contributed by atoms with Crippen molar-refractivity contribution in [3.63, 3.8) is 0 Å². The first-order chi connectivity index (χ1) is 11.1. The van der Waals surface area contributed by atoms with Crippen LogP contribution < -0.4 is 9.44 Å². The molecule has 0 aliphatic heterocycles. The molecule has 0 heterocycles. The van der Waals surface area contributed by atoms with Gasteiger partial charge in [-0.25, -0.2) is 16.8 Å². The summed E-state index contributed by atoms with van der Waals surface area (Å²) in [5, 5.41) is 0.491. The fourth-order valence-corrected chi connectivity index (χ4v) is 4.02. The van der Waals surface area contributed by atoms with Crippen LogP contribution in [-0.4, -0.2) is 22.6 Å². The van der Waals surface area contributed by atoms with E-state index in [1.165, 1.54) is 19.1 Å². The summed E-state index contributed by atoms with van der Waals surface area (Å²) in [4.78, 5) is -0.00578. The van der Waals surface area contributed by atoms with E-state index in [0.29, 0.717) is 16.3 Å². The molecule has 2 aromatic carbocycles. The largest absolute Gasteiger partial charge is 0.284 e. The van der Waals surface area contributed by atoms with Crippen molar-refractivity contribution in [1.29, 1.82) is 0 Å². The van der Waals surface area contributed by atoms with Gasteiger partial charge in [0, 0.05) is 16.4 Å². The van der Waals surface area contributed by atoms with Crippen LogP contribution in [0.25, 0.3) is 0 Å². The molecule has 0 aliphatic rings. The van der Waals surface area contributed by atoms with Gasteiger partial charge in [0.25, 0.3) is 10.0 Å². The van der Waals surface area contributed by atoms with Crippen LogP contribution in [0.15, 0.2) is 47.4 Å². The van der Waals surface area contributed by atoms with Crippen molar-refractivity contribution < 1.29 is 16.8 Å². The first-order valence-electron chi connectivity index (χ1n) is 7.02. The SMILES string of the molecule is CCS(=O)(=O)Nc1ccc(C)c(S(=O)(=O)Nc2ccc(Cl)cc2)c1. The number of nitrogens with one attached hydrogen (secondary N) is 2. The van der Waals surface area contributed by atoms with E-state index in [0.717, 1.165) is 0 Å². The molecule has 2 aromatic rings. The minimum atomic E-state index is -3.87. The Hall–Kier alpha value is -1.77. The number of aryl methyl sites for hydroxylation is 1. The van der Waals surface area contributed by atoms with Crippen LogP contribution >= 0.6 is 11.6 Å². The Morgan fingerprint density at radius 3 is 2.08 bits per heavy atom. The van der Waals surface area contributed by atoms with Gasteiger partial charge in [0.15, 0.2) is 0 Å². The van der Waals surface area contributed by atoms with Crippen molar-refractivity contribution in [3.05, 3.63) is 53.1 Å². The summed E-state index contributed by atoms with van der Waals surface area (Å²) < 4.78 is 53.2. The lowest BCUT2D eigenvalue weighted by Gasteiger charge is -2.13. The van der Waals surface area contributed by atoms with Crippen LogP contribution in [0, 0.1) is 6.92 Å². The number of rotatable bonds is 6. The highest BCUT2D eigenvalue weighted by Crippen LogP contribution is 2.24. The van der Waals surface area contributed by atoms with Crippen molar-refractivity contribution in [2.24, 2.45) is 0 Å². The Kier molecular flexibility index (Phi) is 5.42. The molecule has 2 rings (SSSR count). The summed E-state index contributed by atoms with van der Waals surface area (Å²) in [6.45, 7) is 3.13. The molecule has 24 heavy (non-hydrogen) atoms. The normalized spacial score (nSPS) is 12.0. The van der Waals surface area contributed by atoms with E-state index in [9.17, 15) is 16.8 Å². The Morgan fingerprint density at radius 1 is 0.917 bits per heavy atom. The lowest BCUT2D eigenvalue weighted by molar-refractivity contribution is 0.598. The predicted octanol–water partition coefficient (Wildman–Crippen LogP) is 3.21. The molecule has 130 valence electrons. The second kappa shape index (κ2) is 7.00. The molecule has 2 N–H and O–H groups in total. The van der Waals surface area contributed by atoms with E-state index in [1.54, 1.807) is 37.3 Å². The highest BCUT2D eigenvalue weighted by atomic mass is 35.5. The van der Waals surface area contributed by atoms with Crippen molar-refractivity contribution in [3.8, 4) is 0 Å². The Labute approximate surface area is 147 Å². The van der Waals surface area contributed by atoms with Gasteiger partial charge in [-0.15, -0.1) is 0 Å². The molecule has 0 amide bonds. The lowest BCUT2D eigenvalue weighted by Crippen LogP contribution is -2.17. The molecule has 6 nitrogen and oxygen atoms in total. The molecule has 0 saturated carbocycles. The van der Waals surface area contributed by atoms with Gasteiger partial charge in [0.05, 0.1) is 10.6 Å². The van der Waals surface area contributed by atoms with Gasteiger partial charge in [0.1, 0.15) is 0 Å². The van der Waals surface area contributed by atoms with Gasteiger partial charge in [-0.2, -0.15) is 0 Å². The van der Waals surface area contributed by atoms with E-state index in [2.05, 4.69) is 9.44 Å². The van der Waals surface area contributed by atoms with Gasteiger partial charge >= 0.3 is 0 Å². The van der Waals surface area contributed by atoms with Crippen LogP contribution in [0.2, 0.25) is 5.02 Å². The lowest BCUT2D eigenvalue weighted by atomic mass is 10.2. The molecule has 0 saturated heterocycles. The van der Waals surface area contributed by atoms with Crippen LogP contribution in [0.5, 0.6) is 0 Å². The third-order valence-electron chi connectivity index (χ3n) is 3.23. The first kappa shape index (κ1) is 18.6. The summed E-state index contributed by atoms with van der Waals surface area (Å²) in [5.74, 6) is -0.105. The summed E-state index contributed by atoms with van der Waals surface area (Å²) in [7, 11) is -7.36. The molecular weight excluding hydrogens is 372 g/mol. The van der Waals surface area contributed by atoms with E-state index >= 15 is 0 Å². The second-order valence-corrected chi connectivity index (χ2v) is 9.20. The molecule has 0 aromatic heterocycles. The van der Waals surface area contributed by atoms with Crippen molar-refractivity contribution in [2.75, 3.05) is 15.2 Å². The minimum Gasteiger partial charge on any atom is -0.284 e. The smallest absolute Gasteiger partial charge is 0.262 e. The first-order valence-corrected chi connectivity index (χ1v) is 10.5. The maximum atomic E-state index is 12.6. The molecule has 0 fully saturated rings. The topological polar surface area (TPSA) is 92.3 Å². The predicted molar refractivity (Wildman–Crippen MR) is 96.5 cm³/mol. The average Bonchev–Trinajstić information content (AvgIpc) is 2.51. The number of halogens is 1. The van der Waals surface area contributed by atoms with Crippen LogP contribution in [0.1, 0.15) is 12.5 Å². The van der Waals surface area contributed by atoms with Crippen LogP contribution in [-0.2, 0) is 20.0 Å². The van der Waals surface area contributed by atoms with Gasteiger partial charge in [-0.1, -0.05) is 17.7 Å². The van der Waals surface area contributed by atoms with Gasteiger partial charge in [0.2, 0.25) is 10.0 Å². The molecule has 0 spiro atoms. The van der Waals surface area contributed by atoms with Crippen LogP contribution in [0.3, 0.4) is 0 Å². The summed E-state index contributed by atoms with van der Waals surface area (Å²) >= 11 is 5.78. The molecule has 0 atom stereocenters. The minimum absolute atomic E-state index is 0.00578. The number of anilines is 2. The maximum absolute atomic E-state index is 12.6. The molecule has 0 radical (unpaired) electrons. The summed E-state index contributed by atoms with van der Waals surface area (Å²) in [6, 6.07) is 10.6. The van der Waals surface area contributed by atoms with E-state index in [-0.39, 0.29) is 16.3 Å². The quantitative estimate of drug-likeness (QED) is 0.794. The maximum Gasteiger partial charge on any atom is 0.262 e. The summed E-state index contributed by atoms with van der Waals surface area (Å²) in [6.07, 6.45) is 0. The van der Waals surface area contributed by atoms with Gasteiger partial charge < -0.3 is 0 Å². The number of hydrogen-bond acceptors (Lipinski definition) is 4. The molecule has 9 heteroatoms. The zero-order valence-electron chi connectivity index (χ0n) is 13.1. The highest BCUT2D eigenvalue weighted by Gasteiger charge is 2.19. The standard InChI is InChI=1S/C15H17ClN2O4S2/c1-3-23(19,20)17-14-7-4-11(2)15(10-14)24(21,22)18-13-8-5-12(16)6-9-13/h4-10,17-18H,3H2,1-2H3. The van der Waals surface area contributed by atoms with Gasteiger partial charge in [-0.05, 0) is 55.8 Å². The Bertz CT molecular complexity index is 940. The number of sulfonamides is 2.